The van der Waals surface area contributed by atoms with Crippen LogP contribution in [0.4, 0.5) is 4.79 Å². The van der Waals surface area contributed by atoms with Crippen LogP contribution >= 0.6 is 0 Å². The molecule has 104 valence electrons. The number of amides is 1. The van der Waals surface area contributed by atoms with Crippen LogP contribution < -0.4 is 0 Å². The number of rotatable bonds is 1. The van der Waals surface area contributed by atoms with Gasteiger partial charge in [0.2, 0.25) is 7.85 Å². The van der Waals surface area contributed by atoms with Gasteiger partial charge in [-0.1, -0.05) is 20.3 Å². The molecule has 1 heterocycles. The van der Waals surface area contributed by atoms with Crippen LogP contribution in [0.25, 0.3) is 0 Å². The van der Waals surface area contributed by atoms with Crippen LogP contribution in [0.1, 0.15) is 39.5 Å². The predicted molar refractivity (Wildman–Crippen MR) is 73.7 cm³/mol. The van der Waals surface area contributed by atoms with Gasteiger partial charge < -0.3 is 10.0 Å². The van der Waals surface area contributed by atoms with Crippen LogP contribution in [0.15, 0.2) is 0 Å². The Balaban J connectivity index is 2.12. The van der Waals surface area contributed by atoms with Crippen molar-refractivity contribution in [1.82, 2.24) is 4.90 Å². The van der Waals surface area contributed by atoms with E-state index in [4.69, 9.17) is 0 Å². The molecule has 0 bridgehead atoms. The Hall–Kier alpha value is -0.995. The first-order valence-corrected chi connectivity index (χ1v) is 7.43. The van der Waals surface area contributed by atoms with Gasteiger partial charge in [-0.25, -0.2) is 4.79 Å². The van der Waals surface area contributed by atoms with Crippen molar-refractivity contribution in [3.05, 3.63) is 0 Å². The number of carboxylic acids is 1. The average molecular weight is 263 g/mol. The summed E-state index contributed by atoms with van der Waals surface area (Å²) in [6.07, 6.45) is 4.32. The summed E-state index contributed by atoms with van der Waals surface area (Å²) in [6, 6.07) is -0.432. The maximum Gasteiger partial charge on any atom is 0.326 e. The summed E-state index contributed by atoms with van der Waals surface area (Å²) in [5.41, 5.74) is 0.0775. The van der Waals surface area contributed by atoms with Gasteiger partial charge in [-0.2, -0.15) is 0 Å². The van der Waals surface area contributed by atoms with Crippen LogP contribution in [0.2, 0.25) is 0 Å². The molecule has 0 aromatic carbocycles. The number of carbonyl (C=O) groups excluding carboxylic acids is 1. The zero-order chi connectivity index (χ0) is 13.9. The third kappa shape index (κ3) is 1.42. The molecule has 5 heteroatoms. The van der Waals surface area contributed by atoms with E-state index in [0.29, 0.717) is 11.8 Å². The van der Waals surface area contributed by atoms with Gasteiger partial charge in [0.1, 0.15) is 6.04 Å². The molecule has 0 aromatic rings. The van der Waals surface area contributed by atoms with E-state index in [-0.39, 0.29) is 23.2 Å². The highest BCUT2D eigenvalue weighted by molar-refractivity contribution is 6.57. The molecule has 1 N–H and O–H groups in total. The lowest BCUT2D eigenvalue weighted by Crippen LogP contribution is -2.47. The lowest BCUT2D eigenvalue weighted by molar-refractivity contribution is -0.143. The van der Waals surface area contributed by atoms with Crippen molar-refractivity contribution in [2.75, 3.05) is 0 Å². The Labute approximate surface area is 114 Å². The molecule has 1 amide bonds. The van der Waals surface area contributed by atoms with E-state index in [0.717, 1.165) is 25.7 Å². The van der Waals surface area contributed by atoms with E-state index in [2.05, 4.69) is 13.8 Å². The highest BCUT2D eigenvalue weighted by Gasteiger charge is 2.69. The molecule has 5 unspecified atom stereocenters. The molecule has 1 saturated heterocycles. The van der Waals surface area contributed by atoms with Gasteiger partial charge in [0.25, 0.3) is 0 Å². The number of carbonyl (C=O) groups is 2. The van der Waals surface area contributed by atoms with Crippen molar-refractivity contribution in [3.63, 3.8) is 0 Å². The molecule has 19 heavy (non-hydrogen) atoms. The second-order valence-electron chi connectivity index (χ2n) is 6.87. The number of carboxylic acid groups (broad SMARTS) is 1. The summed E-state index contributed by atoms with van der Waals surface area (Å²) in [5, 5.41) is 9.64. The van der Waals surface area contributed by atoms with E-state index in [1.165, 1.54) is 7.85 Å². The molecule has 2 aliphatic carbocycles. The summed E-state index contributed by atoms with van der Waals surface area (Å²) in [5.74, 6) is 0.214. The third-order valence-electron chi connectivity index (χ3n) is 6.18. The molecule has 6 atom stereocenters. The molecule has 0 radical (unpaired) electrons. The molecule has 2 saturated carbocycles. The molecule has 3 rings (SSSR count). The lowest BCUT2D eigenvalue weighted by Gasteiger charge is -2.35. The third-order valence-corrected chi connectivity index (χ3v) is 6.18. The van der Waals surface area contributed by atoms with Crippen molar-refractivity contribution in [1.29, 1.82) is 0 Å². The number of nitrogens with zero attached hydrogens (tertiary/aromatic N) is 1. The zero-order valence-corrected chi connectivity index (χ0v) is 11.9. The van der Waals surface area contributed by atoms with Crippen molar-refractivity contribution < 1.29 is 14.7 Å². The summed E-state index contributed by atoms with van der Waals surface area (Å²) < 4.78 is 0. The molecule has 1 aliphatic heterocycles. The molecular weight excluding hydrogens is 241 g/mol. The second-order valence-corrected chi connectivity index (χ2v) is 6.87. The molecule has 0 aromatic heterocycles. The maximum atomic E-state index is 12.0. The Morgan fingerprint density at radius 3 is 2.63 bits per heavy atom. The number of hydrogen-bond donors (Lipinski definition) is 1. The minimum absolute atomic E-state index is 0.0625. The predicted octanol–water partition coefficient (Wildman–Crippen LogP) is 1.34. The van der Waals surface area contributed by atoms with Gasteiger partial charge >= 0.3 is 5.97 Å². The molecule has 3 aliphatic rings. The topological polar surface area (TPSA) is 57.6 Å². The first-order valence-electron chi connectivity index (χ1n) is 7.43. The van der Waals surface area contributed by atoms with Crippen LogP contribution in [0.5, 0.6) is 0 Å². The Kier molecular flexibility index (Phi) is 2.74. The fourth-order valence-electron chi connectivity index (χ4n) is 5.84. The first-order chi connectivity index (χ1) is 8.91. The van der Waals surface area contributed by atoms with Crippen LogP contribution in [-0.4, -0.2) is 41.7 Å². The van der Waals surface area contributed by atoms with Gasteiger partial charge in [-0.05, 0) is 36.5 Å². The van der Waals surface area contributed by atoms with E-state index in [1.54, 1.807) is 4.90 Å². The van der Waals surface area contributed by atoms with E-state index in [1.807, 2.05) is 0 Å². The smallest absolute Gasteiger partial charge is 0.326 e. The number of likely N-dealkylation sites (tertiary alicyclic amines) is 1. The Bertz CT molecular complexity index is 440. The van der Waals surface area contributed by atoms with Crippen LogP contribution in [0.3, 0.4) is 0 Å². The Morgan fingerprint density at radius 2 is 2.05 bits per heavy atom. The first kappa shape index (κ1) is 13.0. The fraction of sp³-hybridized carbons (Fsp3) is 0.857. The van der Waals surface area contributed by atoms with Crippen LogP contribution in [-0.2, 0) is 4.79 Å². The standard InChI is InChI=1S/C14H22BNO3/c1-7-6-8(2)14-5-3-4-9(14)16(13(15)19)11(10(7)14)12(17)18/h7-11H,3-6,15H2,1-2H3,(H,17,18)/t7?,8?,9?,10?,11-,14?/m0/s1. The summed E-state index contributed by atoms with van der Waals surface area (Å²) in [6.45, 7) is 4.43. The maximum absolute atomic E-state index is 12.0. The van der Waals surface area contributed by atoms with E-state index >= 15 is 0 Å². The van der Waals surface area contributed by atoms with E-state index < -0.39 is 12.0 Å². The second kappa shape index (κ2) is 4.00. The molecular formula is C14H22BNO3. The van der Waals surface area contributed by atoms with Gasteiger partial charge in [-0.15, -0.1) is 0 Å². The highest BCUT2D eigenvalue weighted by Crippen LogP contribution is 2.66. The average Bonchev–Trinajstić information content (AvgIpc) is 2.87. The van der Waals surface area contributed by atoms with Crippen LogP contribution in [0, 0.1) is 23.2 Å². The number of hydrogen-bond acceptors (Lipinski definition) is 2. The summed E-state index contributed by atoms with van der Waals surface area (Å²) >= 11 is 0. The van der Waals surface area contributed by atoms with Crippen molar-refractivity contribution in [3.8, 4) is 0 Å². The SMILES string of the molecule is BC(=O)N1C2CCCC23C(C)CC(C)C3[C@H]1C(=O)O. The van der Waals surface area contributed by atoms with Gasteiger partial charge in [-0.3, -0.25) is 4.79 Å². The van der Waals surface area contributed by atoms with Crippen molar-refractivity contribution in [2.45, 2.75) is 51.6 Å². The molecule has 4 nitrogen and oxygen atoms in total. The summed E-state index contributed by atoms with van der Waals surface area (Å²) in [7, 11) is 1.53. The largest absolute Gasteiger partial charge is 0.480 e. The highest BCUT2D eigenvalue weighted by atomic mass is 16.4. The fourth-order valence-corrected chi connectivity index (χ4v) is 5.84. The van der Waals surface area contributed by atoms with Gasteiger partial charge in [0.05, 0.1) is 0 Å². The monoisotopic (exact) mass is 263 g/mol. The minimum Gasteiger partial charge on any atom is -0.480 e. The Morgan fingerprint density at radius 1 is 1.37 bits per heavy atom. The van der Waals surface area contributed by atoms with Gasteiger partial charge in [0.15, 0.2) is 5.81 Å². The zero-order valence-electron chi connectivity index (χ0n) is 11.9. The quantitative estimate of drug-likeness (QED) is 0.726. The minimum atomic E-state index is -0.810. The van der Waals surface area contributed by atoms with Crippen molar-refractivity contribution in [2.24, 2.45) is 23.2 Å². The summed E-state index contributed by atoms with van der Waals surface area (Å²) in [4.78, 5) is 25.5. The molecule has 1 spiro atoms. The van der Waals surface area contributed by atoms with Gasteiger partial charge in [0, 0.05) is 12.0 Å². The number of aliphatic carboxylic acids is 1. The van der Waals surface area contributed by atoms with E-state index in [9.17, 15) is 14.7 Å². The molecule has 3 fully saturated rings. The normalized spacial score (nSPS) is 48.1. The lowest BCUT2D eigenvalue weighted by atomic mass is 9.69. The van der Waals surface area contributed by atoms with Crippen molar-refractivity contribution >= 4 is 19.6 Å².